The molecule has 0 fully saturated rings. The number of carbonyl (C=O) groups is 2. The molecule has 1 aromatic heterocycles. The van der Waals surface area contributed by atoms with E-state index in [2.05, 4.69) is 5.10 Å². The Morgan fingerprint density at radius 2 is 1.87 bits per heavy atom. The summed E-state index contributed by atoms with van der Waals surface area (Å²) in [4.78, 5) is 24.3. The Bertz CT molecular complexity index is 1070. The summed E-state index contributed by atoms with van der Waals surface area (Å²) in [6.45, 7) is 1.31. The Labute approximate surface area is 178 Å². The molecule has 7 heteroatoms. The molecule has 1 aliphatic rings. The quantitative estimate of drug-likeness (QED) is 0.530. The Kier molecular flexibility index (Phi) is 5.68. The van der Waals surface area contributed by atoms with Gasteiger partial charge in [0.1, 0.15) is 17.6 Å². The number of hydrogen-bond acceptors (Lipinski definition) is 5. The molecule has 0 unspecified atom stereocenters. The van der Waals surface area contributed by atoms with Crippen molar-refractivity contribution in [1.82, 2.24) is 5.01 Å². The van der Waals surface area contributed by atoms with Gasteiger partial charge in [-0.1, -0.05) is 23.7 Å². The first-order valence-corrected chi connectivity index (χ1v) is 9.82. The summed E-state index contributed by atoms with van der Waals surface area (Å²) in [5.74, 6) is 0.835. The van der Waals surface area contributed by atoms with Crippen LogP contribution in [0.5, 0.6) is 5.75 Å². The molecule has 1 atom stereocenters. The van der Waals surface area contributed by atoms with E-state index in [1.807, 2.05) is 18.2 Å². The average Bonchev–Trinajstić information content (AvgIpc) is 3.43. The molecule has 0 saturated heterocycles. The normalized spacial score (nSPS) is 15.7. The van der Waals surface area contributed by atoms with Gasteiger partial charge in [0, 0.05) is 17.0 Å². The molecule has 3 aromatic rings. The second kappa shape index (κ2) is 8.55. The van der Waals surface area contributed by atoms with Gasteiger partial charge in [0.05, 0.1) is 12.0 Å². The molecule has 152 valence electrons. The maximum absolute atomic E-state index is 12.9. The van der Waals surface area contributed by atoms with Crippen LogP contribution in [0.3, 0.4) is 0 Å². The minimum absolute atomic E-state index is 0.0277. The monoisotopic (exact) mass is 422 g/mol. The maximum Gasteiger partial charge on any atom is 0.281 e. The number of amides is 1. The summed E-state index contributed by atoms with van der Waals surface area (Å²) in [6, 6.07) is 17.3. The van der Waals surface area contributed by atoms with Gasteiger partial charge < -0.3 is 9.15 Å². The van der Waals surface area contributed by atoms with Gasteiger partial charge in [-0.3, -0.25) is 9.59 Å². The molecule has 6 nitrogen and oxygen atoms in total. The minimum atomic E-state index is -0.345. The molecular formula is C23H19ClN2O4. The largest absolute Gasteiger partial charge is 0.484 e. The van der Waals surface area contributed by atoms with Crippen LogP contribution in [0, 0.1) is 0 Å². The van der Waals surface area contributed by atoms with Crippen molar-refractivity contribution in [3.8, 4) is 5.75 Å². The Balaban J connectivity index is 1.51. The van der Waals surface area contributed by atoms with E-state index in [0.29, 0.717) is 28.5 Å². The number of hydrogen-bond donors (Lipinski definition) is 0. The highest BCUT2D eigenvalue weighted by Gasteiger charge is 2.35. The van der Waals surface area contributed by atoms with Crippen LogP contribution < -0.4 is 4.74 Å². The van der Waals surface area contributed by atoms with Gasteiger partial charge in [0.15, 0.2) is 12.4 Å². The van der Waals surface area contributed by atoms with Crippen LogP contribution in [0.1, 0.15) is 41.1 Å². The zero-order valence-electron chi connectivity index (χ0n) is 16.2. The molecule has 0 N–H and O–H groups in total. The molecule has 1 amide bonds. The van der Waals surface area contributed by atoms with Crippen molar-refractivity contribution in [3.63, 3.8) is 0 Å². The van der Waals surface area contributed by atoms with E-state index in [1.165, 1.54) is 11.9 Å². The number of ketones is 1. The molecule has 0 bridgehead atoms. The highest BCUT2D eigenvalue weighted by atomic mass is 35.5. The standard InChI is InChI=1S/C23H19ClN2O4/c1-15(27)16-6-10-19(11-7-16)30-14-23(28)26-21(22-3-2-12-29-22)13-20(25-26)17-4-8-18(24)9-5-17/h2-12,21H,13-14H2,1H3/t21-/m0/s1. The van der Waals surface area contributed by atoms with Crippen LogP contribution in [0.2, 0.25) is 5.02 Å². The van der Waals surface area contributed by atoms with Gasteiger partial charge in [-0.15, -0.1) is 0 Å². The Hall–Kier alpha value is -3.38. The first-order valence-electron chi connectivity index (χ1n) is 9.44. The molecule has 30 heavy (non-hydrogen) atoms. The molecule has 1 aliphatic heterocycles. The zero-order chi connectivity index (χ0) is 21.1. The van der Waals surface area contributed by atoms with Crippen molar-refractivity contribution in [3.05, 3.63) is 88.8 Å². The maximum atomic E-state index is 12.9. The third kappa shape index (κ3) is 4.28. The lowest BCUT2D eigenvalue weighted by atomic mass is 10.0. The average molecular weight is 423 g/mol. The summed E-state index contributed by atoms with van der Waals surface area (Å²) in [7, 11) is 0. The minimum Gasteiger partial charge on any atom is -0.484 e. The fourth-order valence-corrected chi connectivity index (χ4v) is 3.38. The van der Waals surface area contributed by atoms with Gasteiger partial charge in [-0.25, -0.2) is 5.01 Å². The van der Waals surface area contributed by atoms with Crippen molar-refractivity contribution >= 4 is 29.0 Å². The SMILES string of the molecule is CC(=O)c1ccc(OCC(=O)N2N=C(c3ccc(Cl)cc3)C[C@H]2c2ccco2)cc1. The second-order valence-corrected chi connectivity index (χ2v) is 7.33. The van der Waals surface area contributed by atoms with Crippen LogP contribution in [0.15, 0.2) is 76.4 Å². The van der Waals surface area contributed by atoms with Crippen molar-refractivity contribution in [2.24, 2.45) is 5.10 Å². The number of nitrogens with zero attached hydrogens (tertiary/aromatic N) is 2. The van der Waals surface area contributed by atoms with E-state index in [0.717, 1.165) is 11.3 Å². The van der Waals surface area contributed by atoms with Crippen molar-refractivity contribution < 1.29 is 18.7 Å². The van der Waals surface area contributed by atoms with Crippen molar-refractivity contribution in [2.45, 2.75) is 19.4 Å². The number of halogens is 1. The summed E-state index contributed by atoms with van der Waals surface area (Å²) < 4.78 is 11.2. The smallest absolute Gasteiger partial charge is 0.281 e. The highest BCUT2D eigenvalue weighted by Crippen LogP contribution is 2.33. The van der Waals surface area contributed by atoms with Gasteiger partial charge in [-0.05, 0) is 61.0 Å². The fourth-order valence-electron chi connectivity index (χ4n) is 3.26. The lowest BCUT2D eigenvalue weighted by Crippen LogP contribution is -2.31. The summed E-state index contributed by atoms with van der Waals surface area (Å²) in [5.41, 5.74) is 2.25. The first kappa shape index (κ1) is 19.9. The number of benzene rings is 2. The number of Topliss-reactive ketones (excluding diaryl/α,β-unsaturated/α-hetero) is 1. The van der Waals surface area contributed by atoms with E-state index in [4.69, 9.17) is 20.8 Å². The van der Waals surface area contributed by atoms with Crippen LogP contribution in [-0.2, 0) is 4.79 Å². The fraction of sp³-hybridized carbons (Fsp3) is 0.174. The lowest BCUT2D eigenvalue weighted by Gasteiger charge is -2.20. The van der Waals surface area contributed by atoms with E-state index >= 15 is 0 Å². The highest BCUT2D eigenvalue weighted by molar-refractivity contribution is 6.30. The van der Waals surface area contributed by atoms with Crippen LogP contribution in [0.4, 0.5) is 0 Å². The van der Waals surface area contributed by atoms with E-state index in [1.54, 1.807) is 48.7 Å². The number of ether oxygens (including phenoxy) is 1. The van der Waals surface area contributed by atoms with E-state index < -0.39 is 0 Å². The van der Waals surface area contributed by atoms with Crippen molar-refractivity contribution in [1.29, 1.82) is 0 Å². The Morgan fingerprint density at radius 3 is 2.50 bits per heavy atom. The molecule has 0 saturated carbocycles. The zero-order valence-corrected chi connectivity index (χ0v) is 17.0. The molecular weight excluding hydrogens is 404 g/mol. The van der Waals surface area contributed by atoms with Crippen LogP contribution >= 0.6 is 11.6 Å². The Morgan fingerprint density at radius 1 is 1.13 bits per heavy atom. The molecule has 4 rings (SSSR count). The summed E-state index contributed by atoms with van der Waals surface area (Å²) >= 11 is 5.98. The van der Waals surface area contributed by atoms with E-state index in [-0.39, 0.29) is 24.3 Å². The number of carbonyl (C=O) groups excluding carboxylic acids is 2. The van der Waals surface area contributed by atoms with E-state index in [9.17, 15) is 9.59 Å². The lowest BCUT2D eigenvalue weighted by molar-refractivity contribution is -0.135. The second-order valence-electron chi connectivity index (χ2n) is 6.90. The van der Waals surface area contributed by atoms with Crippen molar-refractivity contribution in [2.75, 3.05) is 6.61 Å². The van der Waals surface area contributed by atoms with Gasteiger partial charge >= 0.3 is 0 Å². The summed E-state index contributed by atoms with van der Waals surface area (Å²) in [6.07, 6.45) is 2.10. The topological polar surface area (TPSA) is 72.1 Å². The van der Waals surface area contributed by atoms with Gasteiger partial charge in [-0.2, -0.15) is 5.10 Å². The van der Waals surface area contributed by atoms with Gasteiger partial charge in [0.25, 0.3) is 5.91 Å². The molecule has 0 aliphatic carbocycles. The third-order valence-corrected chi connectivity index (χ3v) is 5.09. The van der Waals surface area contributed by atoms with Gasteiger partial charge in [0.2, 0.25) is 0 Å². The third-order valence-electron chi connectivity index (χ3n) is 4.84. The number of rotatable bonds is 6. The molecule has 2 aromatic carbocycles. The molecule has 0 spiro atoms. The molecule has 0 radical (unpaired) electrons. The number of furan rings is 1. The molecule has 2 heterocycles. The van der Waals surface area contributed by atoms with Crippen LogP contribution in [0.25, 0.3) is 0 Å². The number of hydrazone groups is 1. The predicted octanol–water partition coefficient (Wildman–Crippen LogP) is 4.89. The first-order chi connectivity index (χ1) is 14.5. The summed E-state index contributed by atoms with van der Waals surface area (Å²) in [5, 5.41) is 6.59. The van der Waals surface area contributed by atoms with Crippen LogP contribution in [-0.4, -0.2) is 29.0 Å². The predicted molar refractivity (Wildman–Crippen MR) is 113 cm³/mol.